The molecule has 0 saturated carbocycles. The standard InChI is InChI=1S/C71H47N5Si/c1-4-23-46(24-5-1)47-25-20-30-50(45-47)77(48-26-6-2-7-27-48,49-28-8-3-9-29-49)64-44-22-38-58-65-55-35-10-11-36-56(55)68(67(58)64)66-57(65)37-21-39-59(66)69-72-70(75-60-40-16-12-31-51(60)52-32-13-17-41-61(52)75)74-71(73-69)76-62-42-18-14-33-53(62)54-34-15-19-43-63(54)76/h1-45,65,68H. The zero-order valence-corrected chi connectivity index (χ0v) is 42.9. The zero-order valence-electron chi connectivity index (χ0n) is 41.9. The van der Waals surface area contributed by atoms with Crippen molar-refractivity contribution in [2.24, 2.45) is 0 Å². The Labute approximate surface area is 446 Å². The first-order chi connectivity index (χ1) is 38.2. The van der Waals surface area contributed by atoms with Crippen molar-refractivity contribution in [2.75, 3.05) is 0 Å². The van der Waals surface area contributed by atoms with E-state index in [0.717, 1.165) is 49.2 Å². The van der Waals surface area contributed by atoms with Gasteiger partial charge >= 0.3 is 0 Å². The van der Waals surface area contributed by atoms with E-state index in [1.807, 2.05) is 0 Å². The monoisotopic (exact) mass is 997 g/mol. The highest BCUT2D eigenvalue weighted by atomic mass is 28.3. The van der Waals surface area contributed by atoms with Crippen molar-refractivity contribution in [3.63, 3.8) is 0 Å². The molecule has 3 heterocycles. The lowest BCUT2D eigenvalue weighted by molar-refractivity contribution is 0.758. The summed E-state index contributed by atoms with van der Waals surface area (Å²) < 4.78 is 4.47. The van der Waals surface area contributed by atoms with Crippen molar-refractivity contribution < 1.29 is 0 Å². The molecule has 2 unspecified atom stereocenters. The minimum Gasteiger partial charge on any atom is -0.278 e. The fourth-order valence-corrected chi connectivity index (χ4v) is 18.8. The van der Waals surface area contributed by atoms with E-state index in [1.165, 1.54) is 65.3 Å². The normalized spacial score (nSPS) is 14.5. The quantitative estimate of drug-likeness (QED) is 0.113. The third-order valence-corrected chi connectivity index (χ3v) is 21.6. The molecular weight excluding hydrogens is 951 g/mol. The van der Waals surface area contributed by atoms with Gasteiger partial charge in [-0.2, -0.15) is 15.0 Å². The summed E-state index contributed by atoms with van der Waals surface area (Å²) in [6.45, 7) is 0. The summed E-state index contributed by atoms with van der Waals surface area (Å²) in [5.41, 5.74) is 15.6. The molecule has 3 aliphatic rings. The molecule has 11 aromatic carbocycles. The van der Waals surface area contributed by atoms with Crippen LogP contribution in [0.15, 0.2) is 273 Å². The van der Waals surface area contributed by atoms with E-state index < -0.39 is 8.07 Å². The molecule has 0 aliphatic heterocycles. The third-order valence-electron chi connectivity index (χ3n) is 16.7. The molecule has 0 radical (unpaired) electrons. The largest absolute Gasteiger partial charge is 0.278 e. The van der Waals surface area contributed by atoms with Crippen LogP contribution in [-0.2, 0) is 0 Å². The van der Waals surface area contributed by atoms with Gasteiger partial charge in [-0.15, -0.1) is 0 Å². The van der Waals surface area contributed by atoms with Crippen LogP contribution >= 0.6 is 0 Å². The molecule has 17 rings (SSSR count). The van der Waals surface area contributed by atoms with Crippen LogP contribution in [0.2, 0.25) is 0 Å². The zero-order chi connectivity index (χ0) is 50.6. The summed E-state index contributed by atoms with van der Waals surface area (Å²) in [5, 5.41) is 10.0. The van der Waals surface area contributed by atoms with Crippen molar-refractivity contribution in [1.82, 2.24) is 24.1 Å². The van der Waals surface area contributed by atoms with Gasteiger partial charge in [-0.1, -0.05) is 249 Å². The van der Waals surface area contributed by atoms with Gasteiger partial charge in [-0.05, 0) is 89.5 Å². The lowest BCUT2D eigenvalue weighted by atomic mass is 9.60. The first kappa shape index (κ1) is 43.6. The van der Waals surface area contributed by atoms with Crippen LogP contribution in [0, 0.1) is 0 Å². The highest BCUT2D eigenvalue weighted by Crippen LogP contribution is 2.57. The second-order valence-electron chi connectivity index (χ2n) is 20.5. The first-order valence-electron chi connectivity index (χ1n) is 26.6. The van der Waals surface area contributed by atoms with E-state index in [4.69, 9.17) is 15.0 Å². The number of rotatable bonds is 8. The molecule has 2 bridgehead atoms. The Hall–Kier alpha value is -9.75. The van der Waals surface area contributed by atoms with Crippen LogP contribution in [0.3, 0.4) is 0 Å². The number of benzene rings is 11. The molecule has 0 amide bonds. The average molecular weight is 998 g/mol. The second kappa shape index (κ2) is 17.1. The van der Waals surface area contributed by atoms with Gasteiger partial charge in [0.15, 0.2) is 13.9 Å². The molecule has 3 aliphatic carbocycles. The summed E-state index contributed by atoms with van der Waals surface area (Å²) in [6.07, 6.45) is 0. The van der Waals surface area contributed by atoms with Crippen LogP contribution in [0.4, 0.5) is 0 Å². The van der Waals surface area contributed by atoms with Crippen molar-refractivity contribution in [1.29, 1.82) is 0 Å². The number of fused-ring (bicyclic) bond motifs is 6. The molecule has 0 N–H and O–H groups in total. The Kier molecular flexibility index (Phi) is 9.72. The van der Waals surface area contributed by atoms with Crippen LogP contribution in [0.25, 0.3) is 78.0 Å². The lowest BCUT2D eigenvalue weighted by Crippen LogP contribution is -2.75. The Balaban J connectivity index is 1.00. The third kappa shape index (κ3) is 6.37. The summed E-state index contributed by atoms with van der Waals surface area (Å²) in [4.78, 5) is 17.0. The van der Waals surface area contributed by atoms with Crippen molar-refractivity contribution in [3.05, 3.63) is 306 Å². The number of hydrogen-bond donors (Lipinski definition) is 0. The van der Waals surface area contributed by atoms with Crippen LogP contribution in [0.5, 0.6) is 0 Å². The molecular formula is C71H47N5Si. The van der Waals surface area contributed by atoms with E-state index in [-0.39, 0.29) is 11.8 Å². The Morgan fingerprint density at radius 1 is 0.299 bits per heavy atom. The smallest absolute Gasteiger partial charge is 0.240 e. The average Bonchev–Trinajstić information content (AvgIpc) is 4.13. The molecule has 6 heteroatoms. The maximum atomic E-state index is 5.71. The highest BCUT2D eigenvalue weighted by Gasteiger charge is 2.50. The van der Waals surface area contributed by atoms with Gasteiger partial charge in [0.25, 0.3) is 0 Å². The topological polar surface area (TPSA) is 48.5 Å². The summed E-state index contributed by atoms with van der Waals surface area (Å²) in [5.74, 6) is 1.62. The number of para-hydroxylation sites is 4. The molecule has 77 heavy (non-hydrogen) atoms. The molecule has 360 valence electrons. The Morgan fingerprint density at radius 3 is 1.25 bits per heavy atom. The fraction of sp³-hybridized carbons (Fsp3) is 0.0282. The highest BCUT2D eigenvalue weighted by molar-refractivity contribution is 7.20. The van der Waals surface area contributed by atoms with Gasteiger partial charge in [0.1, 0.15) is 0 Å². The van der Waals surface area contributed by atoms with Gasteiger partial charge in [-0.25, -0.2) is 0 Å². The molecule has 2 atom stereocenters. The summed E-state index contributed by atoms with van der Waals surface area (Å²) in [7, 11) is -3.16. The minimum absolute atomic E-state index is 0.0227. The van der Waals surface area contributed by atoms with E-state index in [9.17, 15) is 0 Å². The Bertz CT molecular complexity index is 4380. The van der Waals surface area contributed by atoms with Gasteiger partial charge in [0, 0.05) is 38.9 Å². The maximum absolute atomic E-state index is 5.71. The van der Waals surface area contributed by atoms with Gasteiger partial charge in [0.2, 0.25) is 11.9 Å². The predicted molar refractivity (Wildman–Crippen MR) is 318 cm³/mol. The lowest BCUT2D eigenvalue weighted by Gasteiger charge is -2.46. The fourth-order valence-electron chi connectivity index (χ4n) is 13.7. The molecule has 0 fully saturated rings. The van der Waals surface area contributed by atoms with Crippen molar-refractivity contribution >= 4 is 72.4 Å². The molecule has 3 aromatic heterocycles. The van der Waals surface area contributed by atoms with Crippen LogP contribution < -0.4 is 20.7 Å². The maximum Gasteiger partial charge on any atom is 0.240 e. The number of aromatic nitrogens is 5. The van der Waals surface area contributed by atoms with E-state index in [2.05, 4.69) is 282 Å². The van der Waals surface area contributed by atoms with Gasteiger partial charge in [0.05, 0.1) is 22.1 Å². The second-order valence-corrected chi connectivity index (χ2v) is 24.3. The first-order valence-corrected chi connectivity index (χ1v) is 28.6. The summed E-state index contributed by atoms with van der Waals surface area (Å²) >= 11 is 0. The molecule has 5 nitrogen and oxygen atoms in total. The number of nitrogens with zero attached hydrogens (tertiary/aromatic N) is 5. The molecule has 0 saturated heterocycles. The summed E-state index contributed by atoms with van der Waals surface area (Å²) in [6, 6.07) is 101. The SMILES string of the molecule is c1ccc(-c2cccc([Si](c3ccccc3)(c3ccccc3)c3cccc4c3C3c5ccccc5C4c4cccc(-c5nc(-n6c7ccccc7c7ccccc76)nc(-n6c7ccccc7c7ccccc76)n5)c43)c2)cc1. The van der Waals surface area contributed by atoms with Gasteiger partial charge in [-0.3, -0.25) is 9.13 Å². The van der Waals surface area contributed by atoms with Crippen molar-refractivity contribution in [3.8, 4) is 34.4 Å². The predicted octanol–water partition coefficient (Wildman–Crippen LogP) is 13.8. The van der Waals surface area contributed by atoms with Crippen LogP contribution in [0.1, 0.15) is 45.2 Å². The Morgan fingerprint density at radius 2 is 0.701 bits per heavy atom. The molecule has 0 spiro atoms. The van der Waals surface area contributed by atoms with Gasteiger partial charge < -0.3 is 0 Å². The minimum atomic E-state index is -3.16. The van der Waals surface area contributed by atoms with E-state index in [0.29, 0.717) is 17.7 Å². The van der Waals surface area contributed by atoms with Crippen molar-refractivity contribution in [2.45, 2.75) is 11.8 Å². The van der Waals surface area contributed by atoms with Crippen LogP contribution in [-0.4, -0.2) is 32.2 Å². The van der Waals surface area contributed by atoms with E-state index >= 15 is 0 Å². The molecule has 14 aromatic rings. The number of hydrogen-bond acceptors (Lipinski definition) is 3. The van der Waals surface area contributed by atoms with E-state index in [1.54, 1.807) is 0 Å².